The number of halogens is 2. The van der Waals surface area contributed by atoms with Gasteiger partial charge in [0.05, 0.1) is 11.9 Å². The third-order valence-corrected chi connectivity index (χ3v) is 6.35. The van der Waals surface area contributed by atoms with E-state index in [0.29, 0.717) is 22.5 Å². The second-order valence-corrected chi connectivity index (χ2v) is 8.91. The number of nitrogens with one attached hydrogen (secondary N) is 1. The van der Waals surface area contributed by atoms with Gasteiger partial charge in [-0.1, -0.05) is 29.8 Å². The number of rotatable bonds is 5. The number of aromatic nitrogens is 3. The zero-order valence-electron chi connectivity index (χ0n) is 19.7. The number of piperidine rings is 1. The predicted octanol–water partition coefficient (Wildman–Crippen LogP) is 5.52. The summed E-state index contributed by atoms with van der Waals surface area (Å²) in [6.07, 6.45) is 1.58. The van der Waals surface area contributed by atoms with Gasteiger partial charge < -0.3 is 10.2 Å². The second-order valence-electron chi connectivity index (χ2n) is 8.91. The van der Waals surface area contributed by atoms with Crippen molar-refractivity contribution in [2.75, 3.05) is 18.4 Å². The normalized spacial score (nSPS) is 13.8. The summed E-state index contributed by atoms with van der Waals surface area (Å²) in [6, 6.07) is 15.3. The highest BCUT2D eigenvalue weighted by molar-refractivity contribution is 6.08. The van der Waals surface area contributed by atoms with Crippen molar-refractivity contribution >= 4 is 23.1 Å². The Labute approximate surface area is 206 Å². The Morgan fingerprint density at radius 3 is 2.33 bits per heavy atom. The molecular formula is C27H25F2N5O2. The standard InChI is InChI=1S/C27H25F2N5O2/c1-17-5-7-18(8-6-17)22-15-23(24(28)29)34-25(32-22)21(16-30-34)26(35)31-20-11-9-19(10-12-20)27(36)33-13-3-2-4-14-33/h5-12,15-16,24H,2-4,13-14H2,1H3,(H,31,35). The Hall–Kier alpha value is -4.14. The van der Waals surface area contributed by atoms with E-state index >= 15 is 0 Å². The smallest absolute Gasteiger partial charge is 0.280 e. The van der Waals surface area contributed by atoms with Crippen LogP contribution in [0, 0.1) is 6.92 Å². The predicted molar refractivity (Wildman–Crippen MR) is 132 cm³/mol. The van der Waals surface area contributed by atoms with Crippen LogP contribution in [0.15, 0.2) is 60.8 Å². The number of fused-ring (bicyclic) bond motifs is 1. The number of benzene rings is 2. The highest BCUT2D eigenvalue weighted by Gasteiger charge is 2.22. The molecule has 0 aliphatic carbocycles. The van der Waals surface area contributed by atoms with E-state index in [9.17, 15) is 18.4 Å². The van der Waals surface area contributed by atoms with Crippen molar-refractivity contribution < 1.29 is 18.4 Å². The van der Waals surface area contributed by atoms with Crippen molar-refractivity contribution in [3.8, 4) is 11.3 Å². The fourth-order valence-corrected chi connectivity index (χ4v) is 4.35. The van der Waals surface area contributed by atoms with Gasteiger partial charge in [-0.15, -0.1) is 0 Å². The molecule has 4 aromatic rings. The summed E-state index contributed by atoms with van der Waals surface area (Å²) in [7, 11) is 0. The van der Waals surface area contributed by atoms with Crippen LogP contribution in [0.3, 0.4) is 0 Å². The van der Waals surface area contributed by atoms with Crippen LogP contribution in [-0.2, 0) is 0 Å². The van der Waals surface area contributed by atoms with Gasteiger partial charge in [-0.2, -0.15) is 5.10 Å². The summed E-state index contributed by atoms with van der Waals surface area (Å²) in [5.41, 5.74) is 2.80. The molecule has 5 rings (SSSR count). The van der Waals surface area contributed by atoms with Crippen LogP contribution >= 0.6 is 0 Å². The van der Waals surface area contributed by atoms with Crippen LogP contribution < -0.4 is 5.32 Å². The lowest BCUT2D eigenvalue weighted by Crippen LogP contribution is -2.35. The Bertz CT molecular complexity index is 1410. The molecule has 0 atom stereocenters. The zero-order chi connectivity index (χ0) is 25.2. The molecule has 1 aliphatic heterocycles. The molecule has 9 heteroatoms. The number of aryl methyl sites for hydroxylation is 1. The maximum atomic E-state index is 13.8. The molecule has 2 amide bonds. The summed E-state index contributed by atoms with van der Waals surface area (Å²) in [5.74, 6) is -0.559. The summed E-state index contributed by atoms with van der Waals surface area (Å²) in [5, 5.41) is 6.76. The van der Waals surface area contributed by atoms with Crippen molar-refractivity contribution in [1.29, 1.82) is 0 Å². The molecule has 1 aliphatic rings. The second kappa shape index (κ2) is 9.85. The maximum Gasteiger partial charge on any atom is 0.280 e. The van der Waals surface area contributed by atoms with Gasteiger partial charge in [-0.05, 0) is 56.5 Å². The molecule has 2 aromatic heterocycles. The van der Waals surface area contributed by atoms with Crippen molar-refractivity contribution in [3.63, 3.8) is 0 Å². The molecule has 0 radical (unpaired) electrons. The van der Waals surface area contributed by atoms with Crippen LogP contribution in [0.25, 0.3) is 16.9 Å². The van der Waals surface area contributed by atoms with E-state index < -0.39 is 12.3 Å². The van der Waals surface area contributed by atoms with Crippen molar-refractivity contribution in [2.45, 2.75) is 32.6 Å². The van der Waals surface area contributed by atoms with E-state index in [4.69, 9.17) is 0 Å². The number of amides is 2. The number of carbonyl (C=O) groups excluding carboxylic acids is 2. The van der Waals surface area contributed by atoms with Gasteiger partial charge in [-0.25, -0.2) is 18.3 Å². The fraction of sp³-hybridized carbons (Fsp3) is 0.259. The Morgan fingerprint density at radius 2 is 1.67 bits per heavy atom. The molecule has 0 saturated carbocycles. The van der Waals surface area contributed by atoms with Gasteiger partial charge in [0, 0.05) is 29.9 Å². The minimum absolute atomic E-state index is 0.0254. The summed E-state index contributed by atoms with van der Waals surface area (Å²) < 4.78 is 28.7. The van der Waals surface area contributed by atoms with Crippen molar-refractivity contribution in [3.05, 3.63) is 83.2 Å². The lowest BCUT2D eigenvalue weighted by molar-refractivity contribution is 0.0724. The van der Waals surface area contributed by atoms with Gasteiger partial charge in [0.15, 0.2) is 5.65 Å². The molecule has 1 fully saturated rings. The van der Waals surface area contributed by atoms with Crippen LogP contribution in [0.2, 0.25) is 0 Å². The minimum Gasteiger partial charge on any atom is -0.339 e. The summed E-state index contributed by atoms with van der Waals surface area (Å²) >= 11 is 0. The number of likely N-dealkylation sites (tertiary alicyclic amines) is 1. The first-order valence-electron chi connectivity index (χ1n) is 11.9. The Kier molecular flexibility index (Phi) is 6.45. The van der Waals surface area contributed by atoms with Gasteiger partial charge in [0.2, 0.25) is 0 Å². The number of carbonyl (C=O) groups is 2. The third kappa shape index (κ3) is 4.68. The molecule has 0 spiro atoms. The Morgan fingerprint density at radius 1 is 0.972 bits per heavy atom. The van der Waals surface area contributed by atoms with E-state index in [1.54, 1.807) is 36.4 Å². The fourth-order valence-electron chi connectivity index (χ4n) is 4.35. The Balaban J connectivity index is 1.41. The average molecular weight is 490 g/mol. The average Bonchev–Trinajstić information content (AvgIpc) is 3.33. The zero-order valence-corrected chi connectivity index (χ0v) is 19.7. The van der Waals surface area contributed by atoms with E-state index in [-0.39, 0.29) is 22.8 Å². The molecule has 0 bridgehead atoms. The first-order chi connectivity index (χ1) is 17.4. The van der Waals surface area contributed by atoms with E-state index in [0.717, 1.165) is 42.4 Å². The number of nitrogens with zero attached hydrogens (tertiary/aromatic N) is 4. The molecule has 7 nitrogen and oxygen atoms in total. The molecule has 2 aromatic carbocycles. The number of anilines is 1. The minimum atomic E-state index is -2.81. The first-order valence-corrected chi connectivity index (χ1v) is 11.9. The molecule has 184 valence electrons. The molecule has 36 heavy (non-hydrogen) atoms. The number of hydrogen-bond acceptors (Lipinski definition) is 4. The summed E-state index contributed by atoms with van der Waals surface area (Å²) in [4.78, 5) is 32.1. The van der Waals surface area contributed by atoms with Crippen LogP contribution in [-0.4, -0.2) is 44.4 Å². The quantitative estimate of drug-likeness (QED) is 0.400. The first kappa shape index (κ1) is 23.6. The topological polar surface area (TPSA) is 79.6 Å². The SMILES string of the molecule is Cc1ccc(-c2cc(C(F)F)n3ncc(C(=O)Nc4ccc(C(=O)N5CCCCC5)cc4)c3n2)cc1. The van der Waals surface area contributed by atoms with Gasteiger partial charge >= 0.3 is 0 Å². The largest absolute Gasteiger partial charge is 0.339 e. The highest BCUT2D eigenvalue weighted by Crippen LogP contribution is 2.27. The van der Waals surface area contributed by atoms with Crippen LogP contribution in [0.5, 0.6) is 0 Å². The summed E-state index contributed by atoms with van der Waals surface area (Å²) in [6.45, 7) is 3.44. The van der Waals surface area contributed by atoms with Crippen LogP contribution in [0.4, 0.5) is 14.5 Å². The lowest BCUT2D eigenvalue weighted by Gasteiger charge is -2.26. The van der Waals surface area contributed by atoms with Crippen molar-refractivity contribution in [1.82, 2.24) is 19.5 Å². The van der Waals surface area contributed by atoms with E-state index in [2.05, 4.69) is 15.4 Å². The highest BCUT2D eigenvalue weighted by atomic mass is 19.3. The number of alkyl halides is 2. The van der Waals surface area contributed by atoms with E-state index in [1.165, 1.54) is 12.3 Å². The molecular weight excluding hydrogens is 464 g/mol. The molecule has 1 saturated heterocycles. The van der Waals surface area contributed by atoms with Gasteiger partial charge in [-0.3, -0.25) is 9.59 Å². The maximum absolute atomic E-state index is 13.8. The third-order valence-electron chi connectivity index (χ3n) is 6.35. The van der Waals surface area contributed by atoms with Crippen LogP contribution in [0.1, 0.15) is 57.7 Å². The van der Waals surface area contributed by atoms with Crippen molar-refractivity contribution in [2.24, 2.45) is 0 Å². The van der Waals surface area contributed by atoms with Gasteiger partial charge in [0.1, 0.15) is 11.3 Å². The lowest BCUT2D eigenvalue weighted by atomic mass is 10.1. The molecule has 3 heterocycles. The molecule has 0 unspecified atom stereocenters. The van der Waals surface area contributed by atoms with E-state index in [1.807, 2.05) is 24.0 Å². The number of hydrogen-bond donors (Lipinski definition) is 1. The van der Waals surface area contributed by atoms with Gasteiger partial charge in [0.25, 0.3) is 18.2 Å². The monoisotopic (exact) mass is 489 g/mol. The molecule has 1 N–H and O–H groups in total.